The first-order valence-corrected chi connectivity index (χ1v) is 8.61. The number of thiophene rings is 2. The molecule has 1 atom stereocenters. The fraction of sp³-hybridized carbons (Fsp3) is 0.0769. The van der Waals surface area contributed by atoms with Gasteiger partial charge in [-0.05, 0) is 66.4 Å². The average Bonchev–Trinajstić information content (AvgIpc) is 2.95. The van der Waals surface area contributed by atoms with Gasteiger partial charge in [-0.1, -0.05) is 12.1 Å². The van der Waals surface area contributed by atoms with Gasteiger partial charge in [-0.25, -0.2) is 0 Å². The third kappa shape index (κ3) is 2.18. The number of hydrogen-bond acceptors (Lipinski definition) is 3. The Kier molecular flexibility index (Phi) is 3.60. The van der Waals surface area contributed by atoms with Crippen LogP contribution in [-0.4, -0.2) is 0 Å². The zero-order valence-electron chi connectivity index (χ0n) is 9.19. The third-order valence-corrected chi connectivity index (χ3v) is 6.49. The summed E-state index contributed by atoms with van der Waals surface area (Å²) >= 11 is 10.5. The predicted octanol–water partition coefficient (Wildman–Crippen LogP) is 5.54. The highest BCUT2D eigenvalue weighted by atomic mass is 79.9. The van der Waals surface area contributed by atoms with E-state index in [4.69, 9.17) is 5.73 Å². The molecule has 0 bridgehead atoms. The fourth-order valence-corrected chi connectivity index (χ4v) is 5.03. The summed E-state index contributed by atoms with van der Waals surface area (Å²) in [5, 5.41) is 3.40. The molecule has 0 spiro atoms. The van der Waals surface area contributed by atoms with Gasteiger partial charge in [0.25, 0.3) is 0 Å². The lowest BCUT2D eigenvalue weighted by molar-refractivity contribution is 0.908. The van der Waals surface area contributed by atoms with Crippen LogP contribution in [0.1, 0.15) is 16.5 Å². The number of benzene rings is 1. The van der Waals surface area contributed by atoms with E-state index in [2.05, 4.69) is 61.5 Å². The lowest BCUT2D eigenvalue weighted by Crippen LogP contribution is -2.09. The van der Waals surface area contributed by atoms with Crippen LogP contribution in [-0.2, 0) is 0 Å². The van der Waals surface area contributed by atoms with Crippen LogP contribution in [0, 0.1) is 0 Å². The first-order valence-electron chi connectivity index (χ1n) is 5.33. The van der Waals surface area contributed by atoms with Gasteiger partial charge in [0, 0.05) is 14.0 Å². The van der Waals surface area contributed by atoms with Crippen LogP contribution in [0.2, 0.25) is 0 Å². The van der Waals surface area contributed by atoms with Gasteiger partial charge < -0.3 is 5.73 Å². The third-order valence-electron chi connectivity index (χ3n) is 2.82. The Bertz CT molecular complexity index is 702. The summed E-state index contributed by atoms with van der Waals surface area (Å²) in [6, 6.07) is 10.3. The second kappa shape index (κ2) is 5.06. The van der Waals surface area contributed by atoms with Crippen molar-refractivity contribution in [3.8, 4) is 0 Å². The van der Waals surface area contributed by atoms with E-state index in [1.807, 2.05) is 6.07 Å². The Hall–Kier alpha value is -0.200. The Balaban J connectivity index is 2.12. The van der Waals surface area contributed by atoms with Crippen LogP contribution >= 0.6 is 54.5 Å². The van der Waals surface area contributed by atoms with Crippen molar-refractivity contribution in [3.63, 3.8) is 0 Å². The molecule has 0 saturated carbocycles. The summed E-state index contributed by atoms with van der Waals surface area (Å²) in [7, 11) is 0. The molecule has 18 heavy (non-hydrogen) atoms. The first-order chi connectivity index (χ1) is 8.66. The maximum atomic E-state index is 6.37. The molecule has 0 aliphatic rings. The Labute approximate surface area is 130 Å². The van der Waals surface area contributed by atoms with Crippen molar-refractivity contribution in [3.05, 3.63) is 54.4 Å². The predicted molar refractivity (Wildman–Crippen MR) is 87.6 cm³/mol. The van der Waals surface area contributed by atoms with Crippen LogP contribution in [0.25, 0.3) is 10.1 Å². The molecule has 2 heterocycles. The molecule has 3 rings (SSSR count). The summed E-state index contributed by atoms with van der Waals surface area (Å²) in [5.41, 5.74) is 7.57. The van der Waals surface area contributed by atoms with Crippen LogP contribution in [0.15, 0.2) is 44.0 Å². The fourth-order valence-electron chi connectivity index (χ4n) is 1.93. The van der Waals surface area contributed by atoms with Crippen LogP contribution in [0.5, 0.6) is 0 Å². The van der Waals surface area contributed by atoms with E-state index in [-0.39, 0.29) is 6.04 Å². The normalized spacial score (nSPS) is 13.1. The smallest absolute Gasteiger partial charge is 0.0702 e. The van der Waals surface area contributed by atoms with Crippen molar-refractivity contribution >= 4 is 64.6 Å². The second-order valence-corrected chi connectivity index (χ2v) is 8.16. The zero-order chi connectivity index (χ0) is 12.7. The lowest BCUT2D eigenvalue weighted by atomic mass is 10.1. The highest BCUT2D eigenvalue weighted by Crippen LogP contribution is 2.38. The van der Waals surface area contributed by atoms with Gasteiger partial charge in [0.15, 0.2) is 0 Å². The van der Waals surface area contributed by atoms with Crippen LogP contribution in [0.4, 0.5) is 0 Å². The molecule has 3 aromatic rings. The van der Waals surface area contributed by atoms with Gasteiger partial charge in [0.2, 0.25) is 0 Å². The topological polar surface area (TPSA) is 26.0 Å². The van der Waals surface area contributed by atoms with E-state index >= 15 is 0 Å². The van der Waals surface area contributed by atoms with Crippen molar-refractivity contribution in [1.29, 1.82) is 0 Å². The maximum absolute atomic E-state index is 6.37. The van der Waals surface area contributed by atoms with Crippen LogP contribution < -0.4 is 5.73 Å². The Morgan fingerprint density at radius 3 is 2.67 bits per heavy atom. The number of nitrogens with two attached hydrogens (primary N) is 1. The molecule has 2 N–H and O–H groups in total. The van der Waals surface area contributed by atoms with Crippen molar-refractivity contribution in [2.75, 3.05) is 0 Å². The highest BCUT2D eigenvalue weighted by molar-refractivity contribution is 9.11. The minimum absolute atomic E-state index is 0.0515. The van der Waals surface area contributed by atoms with Crippen molar-refractivity contribution < 1.29 is 0 Å². The molecular weight excluding hydrogens is 394 g/mol. The first kappa shape index (κ1) is 12.8. The van der Waals surface area contributed by atoms with Crippen molar-refractivity contribution in [1.82, 2.24) is 0 Å². The Morgan fingerprint density at radius 2 is 1.94 bits per heavy atom. The molecule has 1 aromatic carbocycles. The van der Waals surface area contributed by atoms with E-state index in [0.717, 1.165) is 8.26 Å². The number of rotatable bonds is 2. The molecule has 0 radical (unpaired) electrons. The van der Waals surface area contributed by atoms with Gasteiger partial charge in [-0.2, -0.15) is 0 Å². The van der Waals surface area contributed by atoms with Gasteiger partial charge in [0.05, 0.1) is 9.83 Å². The average molecular weight is 403 g/mol. The minimum atomic E-state index is -0.0515. The summed E-state index contributed by atoms with van der Waals surface area (Å²) < 4.78 is 3.52. The van der Waals surface area contributed by atoms with E-state index in [9.17, 15) is 0 Å². The van der Waals surface area contributed by atoms with Crippen molar-refractivity contribution in [2.24, 2.45) is 5.73 Å². The number of hydrogen-bond donors (Lipinski definition) is 1. The molecule has 5 heteroatoms. The molecule has 0 aliphatic carbocycles. The van der Waals surface area contributed by atoms with E-state index in [0.29, 0.717) is 0 Å². The minimum Gasteiger partial charge on any atom is -0.320 e. The summed E-state index contributed by atoms with van der Waals surface area (Å²) in [5.74, 6) is 0. The van der Waals surface area contributed by atoms with Gasteiger partial charge in [-0.3, -0.25) is 0 Å². The lowest BCUT2D eigenvalue weighted by Gasteiger charge is -2.08. The highest BCUT2D eigenvalue weighted by Gasteiger charge is 2.16. The van der Waals surface area contributed by atoms with E-state index < -0.39 is 0 Å². The summed E-state index contributed by atoms with van der Waals surface area (Å²) in [6.07, 6.45) is 0. The molecule has 92 valence electrons. The monoisotopic (exact) mass is 401 g/mol. The standard InChI is InChI=1S/C13H9Br2NS2/c14-9-3-1-2-7-8(6-17-13(7)9)12(16)10-4-5-11(15)18-10/h1-6,12H,16H2. The zero-order valence-corrected chi connectivity index (χ0v) is 14.0. The molecule has 0 fully saturated rings. The molecule has 0 aliphatic heterocycles. The number of halogens is 2. The SMILES string of the molecule is NC(c1ccc(Br)s1)c1csc2c(Br)cccc12. The second-order valence-electron chi connectivity index (χ2n) is 3.93. The van der Waals surface area contributed by atoms with Gasteiger partial charge in [0.1, 0.15) is 0 Å². The maximum Gasteiger partial charge on any atom is 0.0702 e. The molecule has 1 unspecified atom stereocenters. The van der Waals surface area contributed by atoms with Crippen molar-refractivity contribution in [2.45, 2.75) is 6.04 Å². The summed E-state index contributed by atoms with van der Waals surface area (Å²) in [4.78, 5) is 1.18. The van der Waals surface area contributed by atoms with Gasteiger partial charge in [-0.15, -0.1) is 22.7 Å². The molecule has 1 nitrogen and oxygen atoms in total. The molecule has 2 aromatic heterocycles. The Morgan fingerprint density at radius 1 is 1.11 bits per heavy atom. The number of fused-ring (bicyclic) bond motifs is 1. The van der Waals surface area contributed by atoms with Gasteiger partial charge >= 0.3 is 0 Å². The van der Waals surface area contributed by atoms with E-state index in [1.165, 1.54) is 20.5 Å². The van der Waals surface area contributed by atoms with Crippen LogP contribution in [0.3, 0.4) is 0 Å². The molecular formula is C13H9Br2NS2. The van der Waals surface area contributed by atoms with E-state index in [1.54, 1.807) is 22.7 Å². The molecule has 0 saturated heterocycles. The largest absolute Gasteiger partial charge is 0.320 e. The quantitative estimate of drug-likeness (QED) is 0.598. The molecule has 0 amide bonds. The summed E-state index contributed by atoms with van der Waals surface area (Å²) in [6.45, 7) is 0.